The number of aromatic nitrogens is 1. The summed E-state index contributed by atoms with van der Waals surface area (Å²) in [7, 11) is 2.48. The molecular formula is C10H9F3INO4. The van der Waals surface area contributed by atoms with Gasteiger partial charge >= 0.3 is 12.3 Å². The van der Waals surface area contributed by atoms with Crippen molar-refractivity contribution >= 4 is 28.6 Å². The smallest absolute Gasteiger partial charge is 0.495 e. The first-order chi connectivity index (χ1) is 8.76. The number of ether oxygens (including phenoxy) is 3. The van der Waals surface area contributed by atoms with Crippen molar-refractivity contribution in [3.05, 3.63) is 15.3 Å². The molecule has 0 aliphatic rings. The Labute approximate surface area is 120 Å². The van der Waals surface area contributed by atoms with Gasteiger partial charge in [-0.1, -0.05) is 0 Å². The molecule has 0 bridgehead atoms. The Hall–Kier alpha value is -1.26. The number of rotatable bonds is 4. The predicted octanol–water partition coefficient (Wildman–Crippen LogP) is 2.31. The van der Waals surface area contributed by atoms with Gasteiger partial charge in [0.1, 0.15) is 5.75 Å². The normalized spacial score (nSPS) is 11.1. The highest BCUT2D eigenvalue weighted by Crippen LogP contribution is 2.30. The zero-order valence-corrected chi connectivity index (χ0v) is 12.0. The van der Waals surface area contributed by atoms with Gasteiger partial charge in [-0.2, -0.15) is 0 Å². The number of carbonyl (C=O) groups is 1. The first-order valence-electron chi connectivity index (χ1n) is 4.82. The summed E-state index contributed by atoms with van der Waals surface area (Å²) in [6, 6.07) is 1.30. The van der Waals surface area contributed by atoms with Crippen LogP contribution in [-0.2, 0) is 16.0 Å². The van der Waals surface area contributed by atoms with Gasteiger partial charge < -0.3 is 14.2 Å². The lowest BCUT2D eigenvalue weighted by Crippen LogP contribution is -2.19. The van der Waals surface area contributed by atoms with Crippen molar-refractivity contribution in [3.63, 3.8) is 0 Å². The standard InChI is InChI=1S/C10H9F3INO4/c1-17-7-3-5(14)9(19-10(11,12)13)15-6(7)4-8(16)18-2/h3H,4H2,1-2H3. The van der Waals surface area contributed by atoms with E-state index in [1.165, 1.54) is 13.2 Å². The zero-order valence-electron chi connectivity index (χ0n) is 9.88. The van der Waals surface area contributed by atoms with Crippen LogP contribution in [-0.4, -0.2) is 31.5 Å². The Balaban J connectivity index is 3.14. The van der Waals surface area contributed by atoms with E-state index in [9.17, 15) is 18.0 Å². The fraction of sp³-hybridized carbons (Fsp3) is 0.400. The minimum atomic E-state index is -4.86. The number of alkyl halides is 3. The molecule has 0 radical (unpaired) electrons. The van der Waals surface area contributed by atoms with Gasteiger partial charge in [-0.05, 0) is 22.6 Å². The number of halogens is 4. The summed E-state index contributed by atoms with van der Waals surface area (Å²) in [5.41, 5.74) is 0.00835. The van der Waals surface area contributed by atoms with E-state index in [2.05, 4.69) is 14.5 Å². The Kier molecular flexibility index (Phi) is 5.20. The quantitative estimate of drug-likeness (QED) is 0.583. The topological polar surface area (TPSA) is 57.7 Å². The minimum Gasteiger partial charge on any atom is -0.495 e. The minimum absolute atomic E-state index is 0.00835. The number of methoxy groups -OCH3 is 2. The second-order valence-corrected chi connectivity index (χ2v) is 4.39. The van der Waals surface area contributed by atoms with Crippen LogP contribution in [0.15, 0.2) is 6.07 Å². The average molecular weight is 391 g/mol. The molecule has 1 aromatic rings. The van der Waals surface area contributed by atoms with Gasteiger partial charge in [-0.25, -0.2) is 4.98 Å². The highest BCUT2D eigenvalue weighted by atomic mass is 127. The maximum absolute atomic E-state index is 12.2. The summed E-state index contributed by atoms with van der Waals surface area (Å²) in [4.78, 5) is 14.8. The predicted molar refractivity (Wildman–Crippen MR) is 65.9 cm³/mol. The number of esters is 1. The Morgan fingerprint density at radius 1 is 1.42 bits per heavy atom. The molecule has 0 spiro atoms. The summed E-state index contributed by atoms with van der Waals surface area (Å²) < 4.78 is 49.8. The highest BCUT2D eigenvalue weighted by molar-refractivity contribution is 14.1. The molecule has 1 rings (SSSR count). The summed E-state index contributed by atoms with van der Waals surface area (Å²) in [6.45, 7) is 0. The van der Waals surface area contributed by atoms with Crippen molar-refractivity contribution in [1.82, 2.24) is 4.98 Å². The molecule has 0 saturated carbocycles. The molecule has 1 heterocycles. The van der Waals surface area contributed by atoms with Gasteiger partial charge in [0, 0.05) is 6.07 Å². The van der Waals surface area contributed by atoms with E-state index in [4.69, 9.17) is 4.74 Å². The number of carbonyl (C=O) groups excluding carboxylic acids is 1. The summed E-state index contributed by atoms with van der Waals surface area (Å²) in [6.07, 6.45) is -5.17. The Morgan fingerprint density at radius 2 is 2.05 bits per heavy atom. The van der Waals surface area contributed by atoms with Gasteiger partial charge in [-0.15, -0.1) is 13.2 Å². The molecule has 0 aliphatic carbocycles. The van der Waals surface area contributed by atoms with Crippen molar-refractivity contribution in [2.45, 2.75) is 12.8 Å². The maximum Gasteiger partial charge on any atom is 0.574 e. The second kappa shape index (κ2) is 6.26. The molecule has 0 amide bonds. The molecule has 19 heavy (non-hydrogen) atoms. The number of nitrogens with zero attached hydrogens (tertiary/aromatic N) is 1. The van der Waals surface area contributed by atoms with Crippen molar-refractivity contribution < 1.29 is 32.2 Å². The van der Waals surface area contributed by atoms with Gasteiger partial charge in [0.15, 0.2) is 0 Å². The van der Waals surface area contributed by atoms with Crippen molar-refractivity contribution in [2.75, 3.05) is 14.2 Å². The third kappa shape index (κ3) is 4.73. The number of pyridine rings is 1. The van der Waals surface area contributed by atoms with E-state index in [-0.39, 0.29) is 21.4 Å². The van der Waals surface area contributed by atoms with Crippen LogP contribution in [0.2, 0.25) is 0 Å². The molecule has 1 aromatic heterocycles. The van der Waals surface area contributed by atoms with Crippen LogP contribution in [0.3, 0.4) is 0 Å². The zero-order chi connectivity index (χ0) is 14.6. The van der Waals surface area contributed by atoms with Crippen LogP contribution in [0.25, 0.3) is 0 Å². The molecule has 9 heteroatoms. The van der Waals surface area contributed by atoms with Gasteiger partial charge in [0.2, 0.25) is 5.88 Å². The van der Waals surface area contributed by atoms with E-state index in [1.54, 1.807) is 22.6 Å². The maximum atomic E-state index is 12.2. The lowest BCUT2D eigenvalue weighted by molar-refractivity contribution is -0.276. The largest absolute Gasteiger partial charge is 0.574 e. The summed E-state index contributed by atoms with van der Waals surface area (Å²) in [5.74, 6) is -1.10. The van der Waals surface area contributed by atoms with E-state index < -0.39 is 18.2 Å². The Bertz CT molecular complexity index is 479. The number of hydrogen-bond donors (Lipinski definition) is 0. The number of hydrogen-bond acceptors (Lipinski definition) is 5. The average Bonchev–Trinajstić information content (AvgIpc) is 2.31. The fourth-order valence-electron chi connectivity index (χ4n) is 1.18. The Morgan fingerprint density at radius 3 is 2.53 bits per heavy atom. The molecule has 0 N–H and O–H groups in total. The van der Waals surface area contributed by atoms with Gasteiger partial charge in [-0.3, -0.25) is 4.79 Å². The SMILES string of the molecule is COC(=O)Cc1nc(OC(F)(F)F)c(I)cc1OC. The van der Waals surface area contributed by atoms with Crippen LogP contribution in [0.1, 0.15) is 5.69 Å². The lowest BCUT2D eigenvalue weighted by atomic mass is 10.2. The van der Waals surface area contributed by atoms with E-state index in [0.717, 1.165) is 7.11 Å². The van der Waals surface area contributed by atoms with Crippen LogP contribution in [0.5, 0.6) is 11.6 Å². The van der Waals surface area contributed by atoms with Crippen LogP contribution >= 0.6 is 22.6 Å². The summed E-state index contributed by atoms with van der Waals surface area (Å²) in [5, 5.41) is 0. The molecular weight excluding hydrogens is 382 g/mol. The van der Waals surface area contributed by atoms with E-state index in [1.807, 2.05) is 0 Å². The van der Waals surface area contributed by atoms with E-state index >= 15 is 0 Å². The molecule has 0 aromatic carbocycles. The van der Waals surface area contributed by atoms with Crippen LogP contribution in [0, 0.1) is 3.57 Å². The molecule has 5 nitrogen and oxygen atoms in total. The summed E-state index contributed by atoms with van der Waals surface area (Å²) >= 11 is 1.63. The lowest BCUT2D eigenvalue weighted by Gasteiger charge is -2.13. The van der Waals surface area contributed by atoms with E-state index in [0.29, 0.717) is 0 Å². The molecule has 0 unspecified atom stereocenters. The first-order valence-corrected chi connectivity index (χ1v) is 5.90. The molecule has 0 aliphatic heterocycles. The molecule has 0 atom stereocenters. The van der Waals surface area contributed by atoms with Gasteiger partial charge in [0.25, 0.3) is 0 Å². The van der Waals surface area contributed by atoms with Crippen molar-refractivity contribution in [3.8, 4) is 11.6 Å². The molecule has 106 valence electrons. The van der Waals surface area contributed by atoms with Gasteiger partial charge in [0.05, 0.1) is 29.9 Å². The highest BCUT2D eigenvalue weighted by Gasteiger charge is 2.33. The van der Waals surface area contributed by atoms with Crippen LogP contribution < -0.4 is 9.47 Å². The van der Waals surface area contributed by atoms with Crippen molar-refractivity contribution in [2.24, 2.45) is 0 Å². The molecule has 0 saturated heterocycles. The fourth-order valence-corrected chi connectivity index (χ4v) is 1.70. The monoisotopic (exact) mass is 391 g/mol. The van der Waals surface area contributed by atoms with Crippen molar-refractivity contribution in [1.29, 1.82) is 0 Å². The van der Waals surface area contributed by atoms with Crippen LogP contribution in [0.4, 0.5) is 13.2 Å². The first kappa shape index (κ1) is 15.8. The second-order valence-electron chi connectivity index (χ2n) is 3.23. The third-order valence-electron chi connectivity index (χ3n) is 1.95. The molecule has 0 fully saturated rings. The third-order valence-corrected chi connectivity index (χ3v) is 2.73.